The van der Waals surface area contributed by atoms with Crippen LogP contribution in [0.4, 0.5) is 5.69 Å². The SMILES string of the molecule is C[C@@H]1Sc2ccc(S(=O)(=O)N3CCC(C(=O)NC[C@@H](C)c4ccccc4)CC3)cc2NC1=O. The quantitative estimate of drug-likeness (QED) is 0.651. The first kappa shape index (κ1) is 23.8. The van der Waals surface area contributed by atoms with Gasteiger partial charge < -0.3 is 10.6 Å². The van der Waals surface area contributed by atoms with Gasteiger partial charge in [0, 0.05) is 30.4 Å². The Bertz CT molecular complexity index is 1130. The van der Waals surface area contributed by atoms with Gasteiger partial charge in [-0.05, 0) is 49.4 Å². The monoisotopic (exact) mass is 487 g/mol. The van der Waals surface area contributed by atoms with Gasteiger partial charge >= 0.3 is 0 Å². The number of nitrogens with zero attached hydrogens (tertiary/aromatic N) is 1. The van der Waals surface area contributed by atoms with Crippen LogP contribution in [-0.2, 0) is 19.6 Å². The fraction of sp³-hybridized carbons (Fsp3) is 0.417. The lowest BCUT2D eigenvalue weighted by molar-refractivity contribution is -0.126. The Morgan fingerprint density at radius 3 is 2.58 bits per heavy atom. The lowest BCUT2D eigenvalue weighted by atomic mass is 9.96. The topological polar surface area (TPSA) is 95.6 Å². The first-order valence-electron chi connectivity index (χ1n) is 11.2. The number of benzene rings is 2. The van der Waals surface area contributed by atoms with Crippen molar-refractivity contribution in [1.29, 1.82) is 0 Å². The van der Waals surface area contributed by atoms with E-state index in [0.717, 1.165) is 4.90 Å². The summed E-state index contributed by atoms with van der Waals surface area (Å²) in [6, 6.07) is 14.9. The average molecular weight is 488 g/mol. The lowest BCUT2D eigenvalue weighted by Crippen LogP contribution is -2.43. The Morgan fingerprint density at radius 2 is 1.88 bits per heavy atom. The molecule has 2 aliphatic rings. The van der Waals surface area contributed by atoms with Gasteiger partial charge in [0.05, 0.1) is 15.8 Å². The van der Waals surface area contributed by atoms with E-state index in [2.05, 4.69) is 17.6 Å². The zero-order valence-electron chi connectivity index (χ0n) is 18.8. The number of hydrogen-bond acceptors (Lipinski definition) is 5. The molecule has 33 heavy (non-hydrogen) atoms. The largest absolute Gasteiger partial charge is 0.355 e. The van der Waals surface area contributed by atoms with Crippen molar-refractivity contribution >= 4 is 39.3 Å². The van der Waals surface area contributed by atoms with Gasteiger partial charge in [0.15, 0.2) is 0 Å². The van der Waals surface area contributed by atoms with Gasteiger partial charge in [0.25, 0.3) is 0 Å². The van der Waals surface area contributed by atoms with Crippen LogP contribution >= 0.6 is 11.8 Å². The van der Waals surface area contributed by atoms with E-state index in [1.807, 2.05) is 37.3 Å². The number of rotatable bonds is 6. The first-order chi connectivity index (χ1) is 15.8. The first-order valence-corrected chi connectivity index (χ1v) is 13.5. The van der Waals surface area contributed by atoms with Crippen LogP contribution in [0.5, 0.6) is 0 Å². The maximum atomic E-state index is 13.2. The van der Waals surface area contributed by atoms with Crippen LogP contribution in [0.15, 0.2) is 58.3 Å². The van der Waals surface area contributed by atoms with Crippen LogP contribution in [-0.4, -0.2) is 49.4 Å². The lowest BCUT2D eigenvalue weighted by Gasteiger charge is -2.31. The number of anilines is 1. The van der Waals surface area contributed by atoms with E-state index < -0.39 is 10.0 Å². The second-order valence-electron chi connectivity index (χ2n) is 8.64. The van der Waals surface area contributed by atoms with Crippen LogP contribution in [0.1, 0.15) is 38.2 Å². The summed E-state index contributed by atoms with van der Waals surface area (Å²) in [5.74, 6) is -0.130. The molecule has 176 valence electrons. The highest BCUT2D eigenvalue weighted by Gasteiger charge is 2.33. The second kappa shape index (κ2) is 9.87. The average Bonchev–Trinajstić information content (AvgIpc) is 2.83. The van der Waals surface area contributed by atoms with E-state index in [-0.39, 0.29) is 33.8 Å². The second-order valence-corrected chi connectivity index (χ2v) is 12.0. The van der Waals surface area contributed by atoms with Crippen molar-refractivity contribution in [2.24, 2.45) is 5.92 Å². The molecular formula is C24H29N3O4S2. The number of hydrogen-bond donors (Lipinski definition) is 2. The maximum Gasteiger partial charge on any atom is 0.243 e. The summed E-state index contributed by atoms with van der Waals surface area (Å²) in [5.41, 5.74) is 1.71. The molecule has 0 aromatic heterocycles. The van der Waals surface area contributed by atoms with Crippen molar-refractivity contribution in [2.75, 3.05) is 25.0 Å². The highest BCUT2D eigenvalue weighted by atomic mass is 32.2. The molecule has 2 heterocycles. The Morgan fingerprint density at radius 1 is 1.18 bits per heavy atom. The van der Waals surface area contributed by atoms with E-state index in [9.17, 15) is 18.0 Å². The molecule has 4 rings (SSSR count). The molecule has 0 unspecified atom stereocenters. The molecule has 0 radical (unpaired) electrons. The number of amides is 2. The summed E-state index contributed by atoms with van der Waals surface area (Å²) < 4.78 is 27.8. The highest BCUT2D eigenvalue weighted by Crippen LogP contribution is 2.37. The Labute approximate surface area is 199 Å². The summed E-state index contributed by atoms with van der Waals surface area (Å²) in [6.45, 7) is 5.04. The number of nitrogens with one attached hydrogen (secondary N) is 2. The summed E-state index contributed by atoms with van der Waals surface area (Å²) in [6.07, 6.45) is 0.972. The summed E-state index contributed by atoms with van der Waals surface area (Å²) in [7, 11) is -3.70. The maximum absolute atomic E-state index is 13.2. The Balaban J connectivity index is 1.34. The molecule has 2 amide bonds. The molecule has 1 saturated heterocycles. The van der Waals surface area contributed by atoms with Crippen molar-refractivity contribution in [3.05, 3.63) is 54.1 Å². The smallest absolute Gasteiger partial charge is 0.243 e. The van der Waals surface area contributed by atoms with E-state index in [1.165, 1.54) is 27.7 Å². The summed E-state index contributed by atoms with van der Waals surface area (Å²) in [5, 5.41) is 5.61. The number of carbonyl (C=O) groups is 2. The van der Waals surface area contributed by atoms with Crippen molar-refractivity contribution in [3.63, 3.8) is 0 Å². The fourth-order valence-electron chi connectivity index (χ4n) is 4.15. The minimum Gasteiger partial charge on any atom is -0.355 e. The molecule has 0 bridgehead atoms. The van der Waals surface area contributed by atoms with Crippen LogP contribution in [0.25, 0.3) is 0 Å². The minimum atomic E-state index is -3.70. The molecule has 2 atom stereocenters. The number of fused-ring (bicyclic) bond motifs is 1. The van der Waals surface area contributed by atoms with Crippen LogP contribution in [0.2, 0.25) is 0 Å². The molecule has 1 fully saturated rings. The molecule has 2 aromatic carbocycles. The van der Waals surface area contributed by atoms with Crippen molar-refractivity contribution in [1.82, 2.24) is 9.62 Å². The number of thioether (sulfide) groups is 1. The van der Waals surface area contributed by atoms with Gasteiger partial charge in [0.1, 0.15) is 0 Å². The van der Waals surface area contributed by atoms with Crippen molar-refractivity contribution in [3.8, 4) is 0 Å². The number of sulfonamides is 1. The van der Waals surface area contributed by atoms with Gasteiger partial charge in [-0.15, -0.1) is 11.8 Å². The van der Waals surface area contributed by atoms with E-state index in [0.29, 0.717) is 38.2 Å². The van der Waals surface area contributed by atoms with Gasteiger partial charge in [-0.3, -0.25) is 9.59 Å². The van der Waals surface area contributed by atoms with Gasteiger partial charge in [0.2, 0.25) is 21.8 Å². The van der Waals surface area contributed by atoms with Gasteiger partial charge in [-0.2, -0.15) is 4.31 Å². The Kier molecular flexibility index (Phi) is 7.11. The molecule has 0 saturated carbocycles. The van der Waals surface area contributed by atoms with Crippen LogP contribution < -0.4 is 10.6 Å². The molecule has 9 heteroatoms. The zero-order valence-corrected chi connectivity index (χ0v) is 20.4. The number of piperidine rings is 1. The molecular weight excluding hydrogens is 458 g/mol. The third kappa shape index (κ3) is 5.26. The van der Waals surface area contributed by atoms with Gasteiger partial charge in [-0.1, -0.05) is 37.3 Å². The highest BCUT2D eigenvalue weighted by molar-refractivity contribution is 8.01. The molecule has 2 aromatic rings. The van der Waals surface area contributed by atoms with Crippen molar-refractivity contribution in [2.45, 2.75) is 47.6 Å². The molecule has 0 aliphatic carbocycles. The fourth-order valence-corrected chi connectivity index (χ4v) is 6.58. The number of carbonyl (C=O) groups excluding carboxylic acids is 2. The molecule has 7 nitrogen and oxygen atoms in total. The van der Waals surface area contributed by atoms with E-state index in [4.69, 9.17) is 0 Å². The minimum absolute atomic E-state index is 0.0162. The molecule has 2 aliphatic heterocycles. The predicted molar refractivity (Wildman–Crippen MR) is 130 cm³/mol. The van der Waals surface area contributed by atoms with Crippen LogP contribution in [0.3, 0.4) is 0 Å². The van der Waals surface area contributed by atoms with Crippen LogP contribution in [0, 0.1) is 5.92 Å². The predicted octanol–water partition coefficient (Wildman–Crippen LogP) is 3.44. The molecule has 2 N–H and O–H groups in total. The third-order valence-corrected chi connectivity index (χ3v) is 9.37. The van der Waals surface area contributed by atoms with E-state index in [1.54, 1.807) is 12.1 Å². The van der Waals surface area contributed by atoms with Gasteiger partial charge in [-0.25, -0.2) is 8.42 Å². The standard InChI is InChI=1S/C24H29N3O4S2/c1-16(18-6-4-3-5-7-18)15-25-24(29)19-10-12-27(13-11-19)33(30,31)20-8-9-22-21(14-20)26-23(28)17(2)32-22/h3-9,14,16-17,19H,10-13,15H2,1-2H3,(H,25,29)(H,26,28)/t16-,17+/m1/s1. The summed E-state index contributed by atoms with van der Waals surface area (Å²) >= 11 is 1.42. The Hall–Kier alpha value is -2.36. The summed E-state index contributed by atoms with van der Waals surface area (Å²) in [4.78, 5) is 25.6. The molecule has 0 spiro atoms. The zero-order chi connectivity index (χ0) is 23.6. The third-order valence-electron chi connectivity index (χ3n) is 6.30. The normalized spacial score (nSPS) is 20.5. The van der Waals surface area contributed by atoms with E-state index >= 15 is 0 Å². The van der Waals surface area contributed by atoms with Crippen molar-refractivity contribution < 1.29 is 18.0 Å².